The standard InChI is InChI=1S/C10H15N5OS.ClH/c1-15-10(12-13-14-15)17-7-3-5-11-8-9-4-2-6-16-9;/h2,4,6,11H,3,5,7-8H2,1H3;1H. The Hall–Kier alpha value is -1.05. The number of aryl methyl sites for hydroxylation is 1. The number of aromatic nitrogens is 4. The summed E-state index contributed by atoms with van der Waals surface area (Å²) in [5.41, 5.74) is 0. The summed E-state index contributed by atoms with van der Waals surface area (Å²) in [5, 5.41) is 15.4. The van der Waals surface area contributed by atoms with Crippen LogP contribution in [0.15, 0.2) is 28.0 Å². The number of hydrogen-bond acceptors (Lipinski definition) is 6. The van der Waals surface area contributed by atoms with E-state index in [-0.39, 0.29) is 12.4 Å². The van der Waals surface area contributed by atoms with Crippen molar-refractivity contribution in [2.24, 2.45) is 7.05 Å². The van der Waals surface area contributed by atoms with Gasteiger partial charge in [-0.05, 0) is 35.5 Å². The molecule has 0 amide bonds. The SMILES string of the molecule is Cl.Cn1nnnc1SCCCNCc1ccco1. The molecule has 100 valence electrons. The number of tetrazole rings is 1. The van der Waals surface area contributed by atoms with Crippen LogP contribution < -0.4 is 5.32 Å². The van der Waals surface area contributed by atoms with Crippen molar-refractivity contribution in [2.75, 3.05) is 12.3 Å². The van der Waals surface area contributed by atoms with Crippen LogP contribution >= 0.6 is 24.2 Å². The van der Waals surface area contributed by atoms with Crippen LogP contribution in [0, 0.1) is 0 Å². The summed E-state index contributed by atoms with van der Waals surface area (Å²) in [4.78, 5) is 0. The fraction of sp³-hybridized carbons (Fsp3) is 0.500. The molecule has 0 aliphatic rings. The zero-order chi connectivity index (χ0) is 11.9. The van der Waals surface area contributed by atoms with Gasteiger partial charge in [0.25, 0.3) is 0 Å². The smallest absolute Gasteiger partial charge is 0.209 e. The number of hydrogen-bond donors (Lipinski definition) is 1. The minimum absolute atomic E-state index is 0. The fourth-order valence-electron chi connectivity index (χ4n) is 1.33. The Kier molecular flexibility index (Phi) is 6.77. The Labute approximate surface area is 116 Å². The second-order valence-corrected chi connectivity index (χ2v) is 4.61. The molecule has 0 aliphatic carbocycles. The zero-order valence-corrected chi connectivity index (χ0v) is 11.7. The van der Waals surface area contributed by atoms with E-state index in [1.807, 2.05) is 19.2 Å². The Balaban J connectivity index is 0.00000162. The second-order valence-electron chi connectivity index (χ2n) is 3.54. The van der Waals surface area contributed by atoms with Crippen LogP contribution in [0.3, 0.4) is 0 Å². The molecule has 2 aromatic rings. The lowest BCUT2D eigenvalue weighted by atomic mass is 10.4. The fourth-order valence-corrected chi connectivity index (χ4v) is 2.12. The summed E-state index contributed by atoms with van der Waals surface area (Å²) in [6, 6.07) is 3.86. The monoisotopic (exact) mass is 289 g/mol. The number of thioether (sulfide) groups is 1. The molecule has 0 saturated carbocycles. The van der Waals surface area contributed by atoms with E-state index in [4.69, 9.17) is 4.42 Å². The Bertz CT molecular complexity index is 433. The number of furan rings is 1. The first-order valence-corrected chi connectivity index (χ1v) is 6.43. The lowest BCUT2D eigenvalue weighted by Crippen LogP contribution is -2.14. The van der Waals surface area contributed by atoms with Crippen molar-refractivity contribution < 1.29 is 4.42 Å². The molecule has 0 aliphatic heterocycles. The first kappa shape index (κ1) is 15.0. The van der Waals surface area contributed by atoms with Crippen molar-refractivity contribution in [3.63, 3.8) is 0 Å². The first-order valence-electron chi connectivity index (χ1n) is 5.44. The van der Waals surface area contributed by atoms with E-state index in [1.165, 1.54) is 0 Å². The molecule has 2 rings (SSSR count). The van der Waals surface area contributed by atoms with E-state index in [9.17, 15) is 0 Å². The number of nitrogens with one attached hydrogen (secondary N) is 1. The minimum Gasteiger partial charge on any atom is -0.468 e. The lowest BCUT2D eigenvalue weighted by molar-refractivity contribution is 0.483. The van der Waals surface area contributed by atoms with E-state index in [1.54, 1.807) is 22.7 Å². The number of rotatable bonds is 7. The van der Waals surface area contributed by atoms with Gasteiger partial charge < -0.3 is 9.73 Å². The minimum atomic E-state index is 0. The van der Waals surface area contributed by atoms with E-state index in [0.29, 0.717) is 0 Å². The predicted octanol–water partition coefficient (Wildman–Crippen LogP) is 1.50. The third-order valence-corrected chi connectivity index (χ3v) is 3.29. The third kappa shape index (κ3) is 4.67. The average molecular weight is 290 g/mol. The van der Waals surface area contributed by atoms with Gasteiger partial charge in [-0.2, -0.15) is 0 Å². The molecule has 0 atom stereocenters. The van der Waals surface area contributed by atoms with Gasteiger partial charge in [0.2, 0.25) is 5.16 Å². The molecule has 0 unspecified atom stereocenters. The summed E-state index contributed by atoms with van der Waals surface area (Å²) >= 11 is 1.67. The number of halogens is 1. The van der Waals surface area contributed by atoms with Crippen LogP contribution in [0.5, 0.6) is 0 Å². The zero-order valence-electron chi connectivity index (χ0n) is 10.1. The van der Waals surface area contributed by atoms with Gasteiger partial charge >= 0.3 is 0 Å². The number of nitrogens with zero attached hydrogens (tertiary/aromatic N) is 4. The lowest BCUT2D eigenvalue weighted by Gasteiger charge is -2.02. The first-order chi connectivity index (χ1) is 8.36. The van der Waals surface area contributed by atoms with Crippen molar-refractivity contribution in [3.8, 4) is 0 Å². The maximum atomic E-state index is 5.22. The highest BCUT2D eigenvalue weighted by molar-refractivity contribution is 7.99. The van der Waals surface area contributed by atoms with Gasteiger partial charge in [-0.1, -0.05) is 11.8 Å². The quantitative estimate of drug-likeness (QED) is 0.615. The summed E-state index contributed by atoms with van der Waals surface area (Å²) in [5.74, 6) is 1.97. The maximum absolute atomic E-state index is 5.22. The summed E-state index contributed by atoms with van der Waals surface area (Å²) in [6.45, 7) is 1.74. The van der Waals surface area contributed by atoms with Crippen LogP contribution in [0.1, 0.15) is 12.2 Å². The van der Waals surface area contributed by atoms with Crippen molar-refractivity contribution >= 4 is 24.2 Å². The molecule has 0 aromatic carbocycles. The molecule has 2 aromatic heterocycles. The van der Waals surface area contributed by atoms with Gasteiger partial charge in [-0.15, -0.1) is 17.5 Å². The van der Waals surface area contributed by atoms with Crippen molar-refractivity contribution in [2.45, 2.75) is 18.1 Å². The molecule has 0 bridgehead atoms. The van der Waals surface area contributed by atoms with Crippen LogP contribution in [0.4, 0.5) is 0 Å². The van der Waals surface area contributed by atoms with Gasteiger partial charge in [0.15, 0.2) is 0 Å². The van der Waals surface area contributed by atoms with Gasteiger partial charge in [-0.3, -0.25) is 0 Å². The molecule has 0 spiro atoms. The largest absolute Gasteiger partial charge is 0.468 e. The Morgan fingerprint density at radius 2 is 2.39 bits per heavy atom. The molecule has 1 N–H and O–H groups in total. The van der Waals surface area contributed by atoms with E-state index in [0.717, 1.165) is 36.2 Å². The topological polar surface area (TPSA) is 68.8 Å². The molecular weight excluding hydrogens is 274 g/mol. The van der Waals surface area contributed by atoms with Crippen molar-refractivity contribution in [3.05, 3.63) is 24.2 Å². The molecule has 0 radical (unpaired) electrons. The van der Waals surface area contributed by atoms with Crippen LogP contribution in [-0.4, -0.2) is 32.5 Å². The normalized spacial score (nSPS) is 10.3. The van der Waals surface area contributed by atoms with Crippen LogP contribution in [0.25, 0.3) is 0 Å². The van der Waals surface area contributed by atoms with Crippen LogP contribution in [0.2, 0.25) is 0 Å². The summed E-state index contributed by atoms with van der Waals surface area (Å²) in [7, 11) is 1.84. The summed E-state index contributed by atoms with van der Waals surface area (Å²) in [6.07, 6.45) is 2.76. The van der Waals surface area contributed by atoms with E-state index >= 15 is 0 Å². The third-order valence-electron chi connectivity index (χ3n) is 2.19. The highest BCUT2D eigenvalue weighted by atomic mass is 35.5. The van der Waals surface area contributed by atoms with Gasteiger partial charge in [0.1, 0.15) is 5.76 Å². The Morgan fingerprint density at radius 1 is 1.50 bits per heavy atom. The van der Waals surface area contributed by atoms with Gasteiger partial charge in [0.05, 0.1) is 12.8 Å². The molecule has 0 fully saturated rings. The van der Waals surface area contributed by atoms with E-state index < -0.39 is 0 Å². The van der Waals surface area contributed by atoms with Crippen molar-refractivity contribution in [1.29, 1.82) is 0 Å². The molecule has 6 nitrogen and oxygen atoms in total. The summed E-state index contributed by atoms with van der Waals surface area (Å²) < 4.78 is 6.90. The van der Waals surface area contributed by atoms with Gasteiger partial charge in [0, 0.05) is 12.8 Å². The molecule has 0 saturated heterocycles. The molecule has 18 heavy (non-hydrogen) atoms. The Morgan fingerprint density at radius 3 is 3.06 bits per heavy atom. The molecule has 8 heteroatoms. The highest BCUT2D eigenvalue weighted by Crippen LogP contribution is 2.12. The molecule has 2 heterocycles. The van der Waals surface area contributed by atoms with E-state index in [2.05, 4.69) is 20.8 Å². The van der Waals surface area contributed by atoms with Crippen LogP contribution in [-0.2, 0) is 13.6 Å². The van der Waals surface area contributed by atoms with Crippen molar-refractivity contribution in [1.82, 2.24) is 25.5 Å². The second kappa shape index (κ2) is 8.12. The predicted molar refractivity (Wildman–Crippen MR) is 71.8 cm³/mol. The highest BCUT2D eigenvalue weighted by Gasteiger charge is 2.01. The maximum Gasteiger partial charge on any atom is 0.209 e. The average Bonchev–Trinajstić information content (AvgIpc) is 2.95. The molecular formula is C10H16ClN5OS. The van der Waals surface area contributed by atoms with Gasteiger partial charge in [-0.25, -0.2) is 4.68 Å².